The molecule has 7 nitrogen and oxygen atoms in total. The van der Waals surface area contributed by atoms with Crippen LogP contribution in [0.5, 0.6) is 0 Å². The van der Waals surface area contributed by atoms with Crippen LogP contribution in [0.25, 0.3) is 0 Å². The van der Waals surface area contributed by atoms with E-state index in [1.54, 1.807) is 6.92 Å². The molecule has 0 spiro atoms. The molecule has 1 atom stereocenters. The van der Waals surface area contributed by atoms with E-state index in [1.807, 2.05) is 6.92 Å². The summed E-state index contributed by atoms with van der Waals surface area (Å²) in [6.07, 6.45) is 0.733. The molecule has 1 aromatic heterocycles. The van der Waals surface area contributed by atoms with E-state index in [0.717, 1.165) is 11.0 Å². The average molecular weight is 256 g/mol. The fraction of sp³-hybridized carbons (Fsp3) is 0.636. The van der Waals surface area contributed by atoms with Crippen LogP contribution in [0.3, 0.4) is 0 Å². The van der Waals surface area contributed by atoms with E-state index in [0.29, 0.717) is 6.54 Å². The minimum atomic E-state index is -0.481. The van der Waals surface area contributed by atoms with Gasteiger partial charge >= 0.3 is 5.69 Å². The van der Waals surface area contributed by atoms with Crippen molar-refractivity contribution >= 4 is 11.5 Å². The molecule has 4 N–H and O–H groups in total. The van der Waals surface area contributed by atoms with Crippen LogP contribution >= 0.6 is 0 Å². The number of rotatable bonds is 5. The quantitative estimate of drug-likeness (QED) is 0.648. The van der Waals surface area contributed by atoms with E-state index >= 15 is 0 Å². The largest absolute Gasteiger partial charge is 0.394 e. The lowest BCUT2D eigenvalue weighted by molar-refractivity contribution is 0.281. The molecule has 0 aliphatic carbocycles. The SMILES string of the molecule is CCCn1c(N)c(NC(C)CO)c(=O)n(C)c1=O. The van der Waals surface area contributed by atoms with Crippen molar-refractivity contribution in [3.8, 4) is 0 Å². The Bertz CT molecular complexity index is 532. The zero-order valence-corrected chi connectivity index (χ0v) is 10.9. The first-order valence-corrected chi connectivity index (χ1v) is 5.90. The summed E-state index contributed by atoms with van der Waals surface area (Å²) in [5.41, 5.74) is 5.10. The molecule has 1 unspecified atom stereocenters. The molecule has 0 saturated heterocycles. The summed E-state index contributed by atoms with van der Waals surface area (Å²) in [7, 11) is 1.41. The van der Waals surface area contributed by atoms with E-state index in [2.05, 4.69) is 5.32 Å². The summed E-state index contributed by atoms with van der Waals surface area (Å²) in [4.78, 5) is 23.8. The van der Waals surface area contributed by atoms with Crippen LogP contribution in [0.4, 0.5) is 11.5 Å². The number of hydrogen-bond donors (Lipinski definition) is 3. The lowest BCUT2D eigenvalue weighted by atomic mass is 10.3. The minimum Gasteiger partial charge on any atom is -0.394 e. The predicted octanol–water partition coefficient (Wildman–Crippen LogP) is -0.668. The standard InChI is InChI=1S/C11H20N4O3/c1-4-5-15-9(12)8(13-7(2)6-16)10(17)14(3)11(15)18/h7,13,16H,4-6,12H2,1-3H3. The zero-order chi connectivity index (χ0) is 13.9. The molecule has 1 heterocycles. The first kappa shape index (κ1) is 14.3. The van der Waals surface area contributed by atoms with Gasteiger partial charge in [0.15, 0.2) is 0 Å². The predicted molar refractivity (Wildman–Crippen MR) is 70.8 cm³/mol. The normalized spacial score (nSPS) is 12.4. The van der Waals surface area contributed by atoms with Crippen molar-refractivity contribution < 1.29 is 5.11 Å². The highest BCUT2D eigenvalue weighted by atomic mass is 16.3. The third kappa shape index (κ3) is 2.56. The van der Waals surface area contributed by atoms with E-state index in [4.69, 9.17) is 10.8 Å². The van der Waals surface area contributed by atoms with Gasteiger partial charge in [0.25, 0.3) is 5.56 Å². The molecular weight excluding hydrogens is 236 g/mol. The van der Waals surface area contributed by atoms with Crippen molar-refractivity contribution in [3.05, 3.63) is 20.8 Å². The van der Waals surface area contributed by atoms with Crippen LogP contribution in [0, 0.1) is 0 Å². The molecule has 0 radical (unpaired) electrons. The van der Waals surface area contributed by atoms with Gasteiger partial charge in [0.2, 0.25) is 0 Å². The molecule has 0 aliphatic rings. The molecule has 0 fully saturated rings. The minimum absolute atomic E-state index is 0.116. The van der Waals surface area contributed by atoms with Crippen LogP contribution in [0.2, 0.25) is 0 Å². The highest BCUT2D eigenvalue weighted by Gasteiger charge is 2.16. The smallest absolute Gasteiger partial charge is 0.332 e. The number of aromatic nitrogens is 2. The second-order valence-electron chi connectivity index (χ2n) is 4.29. The number of hydrogen-bond acceptors (Lipinski definition) is 5. The highest BCUT2D eigenvalue weighted by molar-refractivity contribution is 5.61. The van der Waals surface area contributed by atoms with Crippen molar-refractivity contribution in [2.45, 2.75) is 32.9 Å². The van der Waals surface area contributed by atoms with Gasteiger partial charge < -0.3 is 16.2 Å². The number of nitrogen functional groups attached to an aromatic ring is 1. The van der Waals surface area contributed by atoms with E-state index < -0.39 is 11.2 Å². The number of anilines is 2. The summed E-state index contributed by atoms with van der Waals surface area (Å²) in [5.74, 6) is 0.116. The van der Waals surface area contributed by atoms with Gasteiger partial charge in [0.1, 0.15) is 11.5 Å². The molecule has 7 heteroatoms. The maximum Gasteiger partial charge on any atom is 0.332 e. The Morgan fingerprint density at radius 3 is 2.56 bits per heavy atom. The summed E-state index contributed by atoms with van der Waals surface area (Å²) in [6.45, 7) is 3.95. The van der Waals surface area contributed by atoms with Crippen molar-refractivity contribution in [2.24, 2.45) is 7.05 Å². The van der Waals surface area contributed by atoms with Crippen LogP contribution < -0.4 is 22.3 Å². The maximum atomic E-state index is 11.9. The molecule has 102 valence electrons. The Morgan fingerprint density at radius 1 is 1.44 bits per heavy atom. The van der Waals surface area contributed by atoms with Gasteiger partial charge in [0, 0.05) is 19.6 Å². The van der Waals surface area contributed by atoms with E-state index in [1.165, 1.54) is 11.6 Å². The van der Waals surface area contributed by atoms with Gasteiger partial charge in [-0.1, -0.05) is 6.92 Å². The fourth-order valence-corrected chi connectivity index (χ4v) is 1.65. The average Bonchev–Trinajstić information content (AvgIpc) is 2.37. The molecule has 18 heavy (non-hydrogen) atoms. The molecular formula is C11H20N4O3. The lowest BCUT2D eigenvalue weighted by Crippen LogP contribution is -2.41. The van der Waals surface area contributed by atoms with Gasteiger partial charge in [-0.25, -0.2) is 4.79 Å². The summed E-state index contributed by atoms with van der Waals surface area (Å²) < 4.78 is 2.37. The van der Waals surface area contributed by atoms with Crippen molar-refractivity contribution in [2.75, 3.05) is 17.7 Å². The summed E-state index contributed by atoms with van der Waals surface area (Å²) in [5, 5.41) is 11.8. The van der Waals surface area contributed by atoms with Gasteiger partial charge in [-0.05, 0) is 13.3 Å². The third-order valence-corrected chi connectivity index (χ3v) is 2.70. The first-order chi connectivity index (χ1) is 8.43. The molecule has 1 aromatic rings. The Hall–Kier alpha value is -1.76. The van der Waals surface area contributed by atoms with Crippen LogP contribution in [0.1, 0.15) is 20.3 Å². The molecule has 1 rings (SSSR count). The highest BCUT2D eigenvalue weighted by Crippen LogP contribution is 2.12. The van der Waals surface area contributed by atoms with Crippen molar-refractivity contribution in [3.63, 3.8) is 0 Å². The molecule has 0 aromatic carbocycles. The van der Waals surface area contributed by atoms with Gasteiger partial charge in [-0.2, -0.15) is 0 Å². The van der Waals surface area contributed by atoms with E-state index in [-0.39, 0.29) is 24.2 Å². The monoisotopic (exact) mass is 256 g/mol. The number of aliphatic hydroxyl groups excluding tert-OH is 1. The van der Waals surface area contributed by atoms with Crippen molar-refractivity contribution in [1.82, 2.24) is 9.13 Å². The van der Waals surface area contributed by atoms with Gasteiger partial charge in [-0.3, -0.25) is 13.9 Å². The Balaban J connectivity index is 3.42. The third-order valence-electron chi connectivity index (χ3n) is 2.70. The number of nitrogens with zero attached hydrogens (tertiary/aromatic N) is 2. The molecule has 0 amide bonds. The second-order valence-corrected chi connectivity index (χ2v) is 4.29. The van der Waals surface area contributed by atoms with Crippen molar-refractivity contribution in [1.29, 1.82) is 0 Å². The molecule has 0 saturated carbocycles. The van der Waals surface area contributed by atoms with Gasteiger partial charge in [0.05, 0.1) is 6.61 Å². The van der Waals surface area contributed by atoms with Crippen LogP contribution in [0.15, 0.2) is 9.59 Å². The summed E-state index contributed by atoms with van der Waals surface area (Å²) >= 11 is 0. The van der Waals surface area contributed by atoms with Gasteiger partial charge in [-0.15, -0.1) is 0 Å². The Kier molecular flexibility index (Phi) is 4.55. The Labute approximate surface area is 105 Å². The Morgan fingerprint density at radius 2 is 2.06 bits per heavy atom. The maximum absolute atomic E-state index is 11.9. The summed E-state index contributed by atoms with van der Waals surface area (Å²) in [6, 6.07) is -0.312. The number of aliphatic hydroxyl groups is 1. The fourth-order valence-electron chi connectivity index (χ4n) is 1.65. The second kappa shape index (κ2) is 5.72. The van der Waals surface area contributed by atoms with E-state index in [9.17, 15) is 9.59 Å². The zero-order valence-electron chi connectivity index (χ0n) is 10.9. The molecule has 0 aliphatic heterocycles. The van der Waals surface area contributed by atoms with Crippen LogP contribution in [-0.2, 0) is 13.6 Å². The topological polar surface area (TPSA) is 102 Å². The van der Waals surface area contributed by atoms with Crippen LogP contribution in [-0.4, -0.2) is 26.9 Å². The molecule has 0 bridgehead atoms. The number of nitrogens with two attached hydrogens (primary N) is 1. The first-order valence-electron chi connectivity index (χ1n) is 5.90. The lowest BCUT2D eigenvalue weighted by Gasteiger charge is -2.18. The number of nitrogens with one attached hydrogen (secondary N) is 1.